The zero-order valence-electron chi connectivity index (χ0n) is 10.4. The molecule has 1 aromatic rings. The summed E-state index contributed by atoms with van der Waals surface area (Å²) >= 11 is 0. The summed E-state index contributed by atoms with van der Waals surface area (Å²) in [7, 11) is 0. The van der Waals surface area contributed by atoms with E-state index in [1.165, 1.54) is 24.3 Å². The van der Waals surface area contributed by atoms with Crippen LogP contribution in [0.15, 0.2) is 24.3 Å². The standard InChI is InChI=1S/C13H16FN3O2/c14-10-1-3-11(4-2-10)17-12(18)8-16-13(19)9-5-6-15-7-9/h1-4,9,15H,5-8H2,(H,16,19)(H,17,18). The van der Waals surface area contributed by atoms with Gasteiger partial charge in [-0.15, -0.1) is 0 Å². The van der Waals surface area contributed by atoms with Gasteiger partial charge in [-0.25, -0.2) is 4.39 Å². The molecule has 0 aromatic heterocycles. The highest BCUT2D eigenvalue weighted by Gasteiger charge is 2.22. The van der Waals surface area contributed by atoms with Gasteiger partial charge >= 0.3 is 0 Å². The van der Waals surface area contributed by atoms with Crippen molar-refractivity contribution in [2.45, 2.75) is 6.42 Å². The van der Waals surface area contributed by atoms with Gasteiger partial charge in [-0.1, -0.05) is 0 Å². The van der Waals surface area contributed by atoms with E-state index >= 15 is 0 Å². The van der Waals surface area contributed by atoms with E-state index in [2.05, 4.69) is 16.0 Å². The van der Waals surface area contributed by atoms with Crippen molar-refractivity contribution in [1.82, 2.24) is 10.6 Å². The van der Waals surface area contributed by atoms with E-state index in [-0.39, 0.29) is 30.1 Å². The molecule has 0 radical (unpaired) electrons. The first-order valence-corrected chi connectivity index (χ1v) is 6.19. The van der Waals surface area contributed by atoms with Crippen molar-refractivity contribution in [2.24, 2.45) is 5.92 Å². The molecule has 1 atom stereocenters. The number of hydrogen-bond donors (Lipinski definition) is 3. The molecule has 1 aromatic carbocycles. The topological polar surface area (TPSA) is 70.2 Å². The van der Waals surface area contributed by atoms with E-state index in [4.69, 9.17) is 0 Å². The normalized spacial score (nSPS) is 18.1. The Bertz CT molecular complexity index is 455. The van der Waals surface area contributed by atoms with Crippen molar-refractivity contribution in [1.29, 1.82) is 0 Å². The van der Waals surface area contributed by atoms with Crippen LogP contribution >= 0.6 is 0 Å². The maximum absolute atomic E-state index is 12.7. The summed E-state index contributed by atoms with van der Waals surface area (Å²) in [4.78, 5) is 23.2. The van der Waals surface area contributed by atoms with Crippen molar-refractivity contribution in [3.63, 3.8) is 0 Å². The van der Waals surface area contributed by atoms with Crippen LogP contribution in [0.1, 0.15) is 6.42 Å². The molecule has 0 saturated carbocycles. The van der Waals surface area contributed by atoms with E-state index in [1.807, 2.05) is 0 Å². The molecule has 0 spiro atoms. The lowest BCUT2D eigenvalue weighted by Crippen LogP contribution is -2.37. The number of hydrogen-bond acceptors (Lipinski definition) is 3. The average molecular weight is 265 g/mol. The van der Waals surface area contributed by atoms with Gasteiger partial charge in [-0.2, -0.15) is 0 Å². The average Bonchev–Trinajstić information content (AvgIpc) is 2.93. The number of anilines is 1. The van der Waals surface area contributed by atoms with Crippen LogP contribution in [0.5, 0.6) is 0 Å². The molecule has 3 N–H and O–H groups in total. The first-order chi connectivity index (χ1) is 9.15. The van der Waals surface area contributed by atoms with Gasteiger partial charge in [0.15, 0.2) is 0 Å². The number of benzene rings is 1. The summed E-state index contributed by atoms with van der Waals surface area (Å²) < 4.78 is 12.7. The minimum Gasteiger partial charge on any atom is -0.347 e. The minimum absolute atomic E-state index is 0.0568. The van der Waals surface area contributed by atoms with Crippen molar-refractivity contribution in [3.05, 3.63) is 30.1 Å². The van der Waals surface area contributed by atoms with Crippen molar-refractivity contribution in [3.8, 4) is 0 Å². The quantitative estimate of drug-likeness (QED) is 0.742. The second kappa shape index (κ2) is 6.29. The number of carbonyl (C=O) groups excluding carboxylic acids is 2. The Morgan fingerprint density at radius 3 is 2.68 bits per heavy atom. The van der Waals surface area contributed by atoms with Crippen LogP contribution in [0, 0.1) is 11.7 Å². The number of amides is 2. The van der Waals surface area contributed by atoms with Gasteiger partial charge in [0.1, 0.15) is 5.82 Å². The molecule has 102 valence electrons. The lowest BCUT2D eigenvalue weighted by Gasteiger charge is -2.10. The van der Waals surface area contributed by atoms with Crippen LogP contribution in [0.3, 0.4) is 0 Å². The lowest BCUT2D eigenvalue weighted by atomic mass is 10.1. The minimum atomic E-state index is -0.361. The maximum atomic E-state index is 12.7. The van der Waals surface area contributed by atoms with Crippen LogP contribution in [-0.2, 0) is 9.59 Å². The Kier molecular flexibility index (Phi) is 4.46. The SMILES string of the molecule is O=C(CNC(=O)C1CCNC1)Nc1ccc(F)cc1. The van der Waals surface area contributed by atoms with Crippen molar-refractivity contribution >= 4 is 17.5 Å². The Balaban J connectivity index is 1.75. The second-order valence-corrected chi connectivity index (χ2v) is 4.46. The molecule has 1 saturated heterocycles. The molecule has 5 nitrogen and oxygen atoms in total. The number of nitrogens with one attached hydrogen (secondary N) is 3. The molecule has 6 heteroatoms. The largest absolute Gasteiger partial charge is 0.347 e. The maximum Gasteiger partial charge on any atom is 0.243 e. The van der Waals surface area contributed by atoms with Gasteiger partial charge in [0.2, 0.25) is 11.8 Å². The molecule has 1 heterocycles. The van der Waals surface area contributed by atoms with Crippen LogP contribution in [0.4, 0.5) is 10.1 Å². The molecule has 1 aliphatic heterocycles. The summed E-state index contributed by atoms with van der Waals surface area (Å²) in [5.74, 6) is -0.858. The van der Waals surface area contributed by atoms with E-state index < -0.39 is 0 Å². The van der Waals surface area contributed by atoms with Gasteiger partial charge in [-0.3, -0.25) is 9.59 Å². The van der Waals surface area contributed by atoms with Crippen molar-refractivity contribution in [2.75, 3.05) is 25.0 Å². The molecule has 1 fully saturated rings. The number of carbonyl (C=O) groups is 2. The summed E-state index contributed by atoms with van der Waals surface area (Å²) in [5.41, 5.74) is 0.503. The van der Waals surface area contributed by atoms with Gasteiger partial charge < -0.3 is 16.0 Å². The number of rotatable bonds is 4. The van der Waals surface area contributed by atoms with Gasteiger partial charge in [0.25, 0.3) is 0 Å². The molecule has 0 bridgehead atoms. The fourth-order valence-corrected chi connectivity index (χ4v) is 1.93. The Morgan fingerprint density at radius 2 is 2.05 bits per heavy atom. The van der Waals surface area contributed by atoms with Crippen LogP contribution < -0.4 is 16.0 Å². The molecule has 19 heavy (non-hydrogen) atoms. The first kappa shape index (κ1) is 13.5. The van der Waals surface area contributed by atoms with Gasteiger partial charge in [0.05, 0.1) is 12.5 Å². The third kappa shape index (κ3) is 4.03. The number of halogens is 1. The third-order valence-corrected chi connectivity index (χ3v) is 2.98. The first-order valence-electron chi connectivity index (χ1n) is 6.19. The summed E-state index contributed by atoms with van der Waals surface area (Å²) in [6, 6.07) is 5.46. The smallest absolute Gasteiger partial charge is 0.243 e. The fourth-order valence-electron chi connectivity index (χ4n) is 1.93. The molecule has 0 aliphatic carbocycles. The monoisotopic (exact) mass is 265 g/mol. The van der Waals surface area contributed by atoms with Gasteiger partial charge in [0, 0.05) is 12.2 Å². The Labute approximate surface area is 110 Å². The molecular weight excluding hydrogens is 249 g/mol. The second-order valence-electron chi connectivity index (χ2n) is 4.46. The lowest BCUT2D eigenvalue weighted by molar-refractivity contribution is -0.126. The zero-order chi connectivity index (χ0) is 13.7. The molecule has 1 unspecified atom stereocenters. The summed E-state index contributed by atoms with van der Waals surface area (Å²) in [6.07, 6.45) is 0.797. The predicted molar refractivity (Wildman–Crippen MR) is 69.0 cm³/mol. The van der Waals surface area contributed by atoms with E-state index in [0.29, 0.717) is 12.2 Å². The summed E-state index contributed by atoms with van der Waals surface area (Å²) in [5, 5.41) is 8.26. The molecule has 2 rings (SSSR count). The highest BCUT2D eigenvalue weighted by Crippen LogP contribution is 2.08. The fraction of sp³-hybridized carbons (Fsp3) is 0.385. The highest BCUT2D eigenvalue weighted by atomic mass is 19.1. The van der Waals surface area contributed by atoms with E-state index in [9.17, 15) is 14.0 Å². The van der Waals surface area contributed by atoms with Crippen LogP contribution in [0.2, 0.25) is 0 Å². The predicted octanol–water partition coefficient (Wildman–Crippen LogP) is 0.490. The van der Waals surface area contributed by atoms with Crippen LogP contribution in [-0.4, -0.2) is 31.4 Å². The summed E-state index contributed by atoms with van der Waals surface area (Å²) in [6.45, 7) is 1.41. The van der Waals surface area contributed by atoms with E-state index in [0.717, 1.165) is 13.0 Å². The van der Waals surface area contributed by atoms with E-state index in [1.54, 1.807) is 0 Å². The Morgan fingerprint density at radius 1 is 1.32 bits per heavy atom. The van der Waals surface area contributed by atoms with Crippen molar-refractivity contribution < 1.29 is 14.0 Å². The molecule has 1 aliphatic rings. The van der Waals surface area contributed by atoms with Crippen LogP contribution in [0.25, 0.3) is 0 Å². The van der Waals surface area contributed by atoms with Gasteiger partial charge in [-0.05, 0) is 37.2 Å². The zero-order valence-corrected chi connectivity index (χ0v) is 10.4. The molecule has 2 amide bonds. The molecular formula is C13H16FN3O2. The third-order valence-electron chi connectivity index (χ3n) is 2.98. The Hall–Kier alpha value is -1.95. The highest BCUT2D eigenvalue weighted by molar-refractivity contribution is 5.94.